The lowest BCUT2D eigenvalue weighted by molar-refractivity contribution is -0.140. The molecule has 2 aliphatic carbocycles. The predicted octanol–water partition coefficient (Wildman–Crippen LogP) is 5.99. The number of aliphatic carboxylic acids is 2. The molecule has 2 aromatic heterocycles. The second kappa shape index (κ2) is 18.1. The summed E-state index contributed by atoms with van der Waals surface area (Å²) in [5.74, 6) is -0.202. The Kier molecular flexibility index (Phi) is 13.1. The zero-order chi connectivity index (χ0) is 39.9. The molecular formula is C43H51N3O10. The van der Waals surface area contributed by atoms with E-state index in [1.165, 1.54) is 22.3 Å². The third-order valence-corrected chi connectivity index (χ3v) is 10.5. The third-order valence-electron chi connectivity index (χ3n) is 10.5. The van der Waals surface area contributed by atoms with Crippen LogP contribution in [0.2, 0.25) is 0 Å². The minimum absolute atomic E-state index is 0.126. The fraction of sp³-hybridized carbons (Fsp3) is 0.442. The number of aryl methyl sites for hydroxylation is 3. The van der Waals surface area contributed by atoms with Crippen molar-refractivity contribution in [3.8, 4) is 34.6 Å². The standard InChI is InChI=1S/C43H51N3O10/c1-24-18-26(8-5-9-28(47)20-38(49)50)42(53-3)45-40(24)55-36-16-14-32-30(10-6-12-34(32)36)31-11-7-13-35-33(31)15-17-37(35)56-41-25(2)19-27(43(46-41)54-4)22-44-23-29(48)21-39(51)52/h6-7,10-13,18-19,28-29,36-37,44,47-48H,5,8-9,14-17,20-23H2,1-4H3,(H,49,50)(H,51,52)/t28-,29+,36+,37+/m1/s1. The zero-order valence-electron chi connectivity index (χ0n) is 32.3. The molecule has 0 spiro atoms. The summed E-state index contributed by atoms with van der Waals surface area (Å²) in [6.45, 7) is 4.36. The van der Waals surface area contributed by atoms with E-state index in [0.717, 1.165) is 59.1 Å². The number of fused-ring (bicyclic) bond motifs is 2. The topological polar surface area (TPSA) is 190 Å². The Morgan fingerprint density at radius 3 is 1.77 bits per heavy atom. The molecular weight excluding hydrogens is 718 g/mol. The number of aliphatic hydroxyl groups excluding tert-OH is 2. The quantitative estimate of drug-likeness (QED) is 0.0748. The number of carboxylic acids is 2. The van der Waals surface area contributed by atoms with Crippen molar-refractivity contribution < 1.29 is 49.0 Å². The van der Waals surface area contributed by atoms with Gasteiger partial charge in [0.15, 0.2) is 0 Å². The van der Waals surface area contributed by atoms with Crippen molar-refractivity contribution in [2.24, 2.45) is 0 Å². The Morgan fingerprint density at radius 1 is 0.750 bits per heavy atom. The molecule has 4 atom stereocenters. The van der Waals surface area contributed by atoms with Crippen LogP contribution in [0, 0.1) is 13.8 Å². The van der Waals surface area contributed by atoms with Crippen LogP contribution < -0.4 is 24.3 Å². The number of nitrogens with one attached hydrogen (secondary N) is 1. The number of aliphatic hydroxyl groups is 2. The molecule has 6 rings (SSSR count). The summed E-state index contributed by atoms with van der Waals surface area (Å²) in [6, 6.07) is 16.7. The first-order valence-electron chi connectivity index (χ1n) is 19.1. The maximum absolute atomic E-state index is 10.9. The molecule has 4 aromatic rings. The maximum atomic E-state index is 10.9. The first-order chi connectivity index (χ1) is 26.9. The summed E-state index contributed by atoms with van der Waals surface area (Å²) in [7, 11) is 3.12. The molecule has 0 bridgehead atoms. The van der Waals surface area contributed by atoms with Gasteiger partial charge >= 0.3 is 11.9 Å². The summed E-state index contributed by atoms with van der Waals surface area (Å²) in [5.41, 5.74) is 10.6. The first kappa shape index (κ1) is 40.4. The van der Waals surface area contributed by atoms with E-state index < -0.39 is 24.1 Å². The van der Waals surface area contributed by atoms with Gasteiger partial charge in [-0.2, -0.15) is 9.97 Å². The van der Waals surface area contributed by atoms with E-state index in [4.69, 9.17) is 39.1 Å². The normalized spacial score (nSPS) is 16.8. The number of carbonyl (C=O) groups is 2. The van der Waals surface area contributed by atoms with Crippen molar-refractivity contribution in [2.45, 2.75) is 103 Å². The van der Waals surface area contributed by atoms with Crippen LogP contribution in [0.25, 0.3) is 11.1 Å². The summed E-state index contributed by atoms with van der Waals surface area (Å²) in [6.07, 6.45) is 2.02. The second-order valence-corrected chi connectivity index (χ2v) is 14.6. The molecule has 2 aromatic carbocycles. The molecule has 2 aliphatic rings. The van der Waals surface area contributed by atoms with E-state index in [1.54, 1.807) is 14.2 Å². The SMILES string of the molecule is COc1nc(O[C@H]2CCc3c(-c4cccc5c4CC[C@@H]5Oc4nc(OC)c(CNC[C@@H](O)CC(=O)O)cc4C)cccc32)c(C)cc1CCC[C@@H](O)CC(=O)O. The fourth-order valence-electron chi connectivity index (χ4n) is 7.90. The summed E-state index contributed by atoms with van der Waals surface area (Å²) in [4.78, 5) is 31.2. The van der Waals surface area contributed by atoms with Crippen molar-refractivity contribution in [1.29, 1.82) is 0 Å². The van der Waals surface area contributed by atoms with Gasteiger partial charge in [0, 0.05) is 35.3 Å². The monoisotopic (exact) mass is 769 g/mol. The number of pyridine rings is 2. The summed E-state index contributed by atoms with van der Waals surface area (Å²) < 4.78 is 24.4. The van der Waals surface area contributed by atoms with Crippen LogP contribution >= 0.6 is 0 Å². The molecule has 13 nitrogen and oxygen atoms in total. The van der Waals surface area contributed by atoms with Gasteiger partial charge in [0.05, 0.1) is 39.3 Å². The highest BCUT2D eigenvalue weighted by Gasteiger charge is 2.32. The van der Waals surface area contributed by atoms with E-state index in [2.05, 4.69) is 41.7 Å². The minimum atomic E-state index is -1.05. The number of hydrogen-bond donors (Lipinski definition) is 5. The van der Waals surface area contributed by atoms with Crippen LogP contribution in [0.1, 0.15) is 95.2 Å². The Bertz CT molecular complexity index is 1910. The fourth-order valence-corrected chi connectivity index (χ4v) is 7.90. The van der Waals surface area contributed by atoms with Gasteiger partial charge in [-0.1, -0.05) is 36.4 Å². The molecule has 298 valence electrons. The Hall–Kier alpha value is -5.24. The molecule has 0 saturated heterocycles. The van der Waals surface area contributed by atoms with Crippen LogP contribution in [0.3, 0.4) is 0 Å². The van der Waals surface area contributed by atoms with Crippen molar-refractivity contribution >= 4 is 11.9 Å². The Labute approximate surface area is 326 Å². The molecule has 0 saturated carbocycles. The van der Waals surface area contributed by atoms with E-state index in [-0.39, 0.29) is 31.6 Å². The van der Waals surface area contributed by atoms with E-state index in [9.17, 15) is 19.8 Å². The van der Waals surface area contributed by atoms with Crippen LogP contribution in [-0.2, 0) is 35.4 Å². The molecule has 5 N–H and O–H groups in total. The van der Waals surface area contributed by atoms with Gasteiger partial charge in [-0.05, 0) is 104 Å². The number of rotatable bonds is 19. The highest BCUT2D eigenvalue weighted by molar-refractivity contribution is 5.75. The number of hydrogen-bond acceptors (Lipinski definition) is 11. The molecule has 0 fully saturated rings. The van der Waals surface area contributed by atoms with Gasteiger partial charge in [0.25, 0.3) is 0 Å². The molecule has 0 amide bonds. The van der Waals surface area contributed by atoms with Crippen molar-refractivity contribution in [2.75, 3.05) is 20.8 Å². The number of nitrogens with zero attached hydrogens (tertiary/aromatic N) is 2. The lowest BCUT2D eigenvalue weighted by Gasteiger charge is -2.20. The Balaban J connectivity index is 1.16. The number of carboxylic acid groups (broad SMARTS) is 2. The molecule has 13 heteroatoms. The van der Waals surface area contributed by atoms with Gasteiger partial charge < -0.3 is 44.7 Å². The maximum Gasteiger partial charge on any atom is 0.306 e. The molecule has 0 radical (unpaired) electrons. The predicted molar refractivity (Wildman–Crippen MR) is 207 cm³/mol. The lowest BCUT2D eigenvalue weighted by Crippen LogP contribution is -2.28. The summed E-state index contributed by atoms with van der Waals surface area (Å²) >= 11 is 0. The van der Waals surface area contributed by atoms with Gasteiger partial charge in [0.1, 0.15) is 12.2 Å². The zero-order valence-corrected chi connectivity index (χ0v) is 32.3. The van der Waals surface area contributed by atoms with Crippen molar-refractivity contribution in [3.63, 3.8) is 0 Å². The van der Waals surface area contributed by atoms with Crippen LogP contribution in [-0.4, -0.2) is 75.3 Å². The van der Waals surface area contributed by atoms with E-state index in [0.29, 0.717) is 49.3 Å². The first-order valence-corrected chi connectivity index (χ1v) is 19.1. The average molecular weight is 770 g/mol. The van der Waals surface area contributed by atoms with Crippen molar-refractivity contribution in [1.82, 2.24) is 15.3 Å². The molecule has 0 aliphatic heterocycles. The van der Waals surface area contributed by atoms with Crippen LogP contribution in [0.15, 0.2) is 48.5 Å². The van der Waals surface area contributed by atoms with Gasteiger partial charge in [-0.15, -0.1) is 0 Å². The van der Waals surface area contributed by atoms with Gasteiger partial charge in [-0.25, -0.2) is 0 Å². The van der Waals surface area contributed by atoms with Crippen LogP contribution in [0.4, 0.5) is 0 Å². The van der Waals surface area contributed by atoms with Crippen LogP contribution in [0.5, 0.6) is 23.5 Å². The molecule has 0 unspecified atom stereocenters. The highest BCUT2D eigenvalue weighted by atomic mass is 16.5. The number of benzene rings is 2. The molecule has 56 heavy (non-hydrogen) atoms. The lowest BCUT2D eigenvalue weighted by atomic mass is 9.91. The Morgan fingerprint density at radius 2 is 1.25 bits per heavy atom. The highest BCUT2D eigenvalue weighted by Crippen LogP contribution is 2.45. The number of methoxy groups -OCH3 is 2. The van der Waals surface area contributed by atoms with Gasteiger partial charge in [-0.3, -0.25) is 9.59 Å². The number of aromatic nitrogens is 2. The minimum Gasteiger partial charge on any atom is -0.481 e. The molecule has 2 heterocycles. The summed E-state index contributed by atoms with van der Waals surface area (Å²) in [5, 5.41) is 40.8. The average Bonchev–Trinajstić information content (AvgIpc) is 3.77. The van der Waals surface area contributed by atoms with E-state index >= 15 is 0 Å². The van der Waals surface area contributed by atoms with Gasteiger partial charge in [0.2, 0.25) is 23.5 Å². The second-order valence-electron chi connectivity index (χ2n) is 14.6. The van der Waals surface area contributed by atoms with E-state index in [1.807, 2.05) is 26.0 Å². The largest absolute Gasteiger partial charge is 0.481 e. The smallest absolute Gasteiger partial charge is 0.306 e. The number of ether oxygens (including phenoxy) is 4. The van der Waals surface area contributed by atoms with Crippen molar-refractivity contribution in [3.05, 3.63) is 93.0 Å². The third kappa shape index (κ3) is 9.40.